The van der Waals surface area contributed by atoms with Crippen molar-refractivity contribution < 1.29 is 9.59 Å². The van der Waals surface area contributed by atoms with Gasteiger partial charge in [-0.25, -0.2) is 0 Å². The van der Waals surface area contributed by atoms with E-state index < -0.39 is 80.3 Å². The Morgan fingerprint density at radius 1 is 0.311 bits per heavy atom. The summed E-state index contributed by atoms with van der Waals surface area (Å²) >= 11 is 0. The highest BCUT2D eigenvalue weighted by Crippen LogP contribution is 2.79. The van der Waals surface area contributed by atoms with Gasteiger partial charge in [0, 0.05) is 64.6 Å². The summed E-state index contributed by atoms with van der Waals surface area (Å²) in [5.74, 6) is 0. The Bertz CT molecular complexity index is 888. The topological polar surface area (TPSA) is 40.5 Å². The van der Waals surface area contributed by atoms with Crippen molar-refractivity contribution in [1.82, 2.24) is 0 Å². The standard InChI is InChI=1S/C32H82O2Si11/c1-36(2,3)29(37(4,5)6)25-26-30(38(7,8)9,39(10,11)12)44(29,33)35-45(34)31(40(13,14)15,41(16,17)18)27-28-32(45,42(19,20)21)43(22,23)24/h33-34H,25-28H2,1-24H3. The van der Waals surface area contributed by atoms with Crippen LogP contribution >= 0.6 is 0 Å². The van der Waals surface area contributed by atoms with Crippen LogP contribution in [-0.2, 0) is 0 Å². The van der Waals surface area contributed by atoms with Gasteiger partial charge >= 0.3 is 0 Å². The first kappa shape index (κ1) is 43.5. The summed E-state index contributed by atoms with van der Waals surface area (Å²) in [6.07, 6.45) is 5.08. The van der Waals surface area contributed by atoms with Crippen LogP contribution in [0.25, 0.3) is 0 Å². The normalized spacial score (nSPS) is 25.5. The van der Waals surface area contributed by atoms with Crippen LogP contribution in [0.4, 0.5) is 0 Å². The Labute approximate surface area is 296 Å². The third-order valence-electron chi connectivity index (χ3n) is 14.8. The van der Waals surface area contributed by atoms with Crippen LogP contribution in [0.1, 0.15) is 25.7 Å². The molecule has 2 radical (unpaired) electrons. The molecule has 2 nitrogen and oxygen atoms in total. The molecule has 266 valence electrons. The fourth-order valence-electron chi connectivity index (χ4n) is 14.7. The van der Waals surface area contributed by atoms with Crippen molar-refractivity contribution in [3.63, 3.8) is 0 Å². The predicted octanol–water partition coefficient (Wildman–Crippen LogP) is 11.1. The van der Waals surface area contributed by atoms with E-state index in [9.17, 15) is 0 Å². The zero-order valence-electron chi connectivity index (χ0n) is 35.2. The maximum Gasteiger partial charge on any atom is 0.172 e. The molecule has 0 amide bonds. The first-order valence-electron chi connectivity index (χ1n) is 18.4. The van der Waals surface area contributed by atoms with Gasteiger partial charge in [-0.2, -0.15) is 0 Å². The van der Waals surface area contributed by atoms with E-state index in [4.69, 9.17) is 0 Å². The fraction of sp³-hybridized carbons (Fsp3) is 1.00. The molecule has 2 N–H and O–H groups in total. The van der Waals surface area contributed by atoms with E-state index >= 15 is 9.59 Å². The summed E-state index contributed by atoms with van der Waals surface area (Å²) in [6.45, 7) is 64.2. The molecule has 0 atom stereocenters. The molecule has 0 aromatic heterocycles. The van der Waals surface area contributed by atoms with Crippen molar-refractivity contribution >= 4 is 88.8 Å². The van der Waals surface area contributed by atoms with E-state index in [1.54, 1.807) is 0 Å². The van der Waals surface area contributed by atoms with Crippen molar-refractivity contribution in [2.45, 2.75) is 200 Å². The zero-order valence-corrected chi connectivity index (χ0v) is 46.2. The lowest BCUT2D eigenvalue weighted by Gasteiger charge is -2.70. The molecule has 0 spiro atoms. The van der Waals surface area contributed by atoms with Crippen LogP contribution in [0, 0.1) is 0 Å². The van der Waals surface area contributed by atoms with Crippen molar-refractivity contribution in [3.8, 4) is 0 Å². The van der Waals surface area contributed by atoms with Gasteiger partial charge in [0.25, 0.3) is 0 Å². The Kier molecular flexibility index (Phi) is 11.0. The first-order valence-corrected chi connectivity index (χ1v) is 53.3. The molecule has 2 aliphatic heterocycles. The summed E-state index contributed by atoms with van der Waals surface area (Å²) in [6, 6.07) is 0. The molecule has 0 aromatic carbocycles. The van der Waals surface area contributed by atoms with Gasteiger partial charge in [0.2, 0.25) is 0 Å². The SMILES string of the molecule is C[Si](C)(C)C1([Si](C)(C)C)CCC([Si](C)(C)C)([Si](C)(C)C)[Si]1(O)[Si][Si]1(O)C([Si](C)(C)C)([Si](C)(C)C)CCC1([Si](C)(C)C)[Si](C)(C)C. The van der Waals surface area contributed by atoms with E-state index in [-0.39, 0.29) is 17.1 Å². The van der Waals surface area contributed by atoms with E-state index in [1.807, 2.05) is 0 Å². The third-order valence-corrected chi connectivity index (χ3v) is 108. The highest BCUT2D eigenvalue weighted by Gasteiger charge is 2.87. The molecular weight excluding hydrogens is 725 g/mol. The largest absolute Gasteiger partial charge is 0.435 e. The minimum atomic E-state index is -3.14. The van der Waals surface area contributed by atoms with Gasteiger partial charge in [0.1, 0.15) is 0 Å². The van der Waals surface area contributed by atoms with Crippen molar-refractivity contribution in [1.29, 1.82) is 0 Å². The minimum Gasteiger partial charge on any atom is -0.435 e. The maximum absolute atomic E-state index is 15.2. The Morgan fingerprint density at radius 3 is 0.511 bits per heavy atom. The molecule has 0 unspecified atom stereocenters. The molecule has 2 heterocycles. The smallest absolute Gasteiger partial charge is 0.172 e. The Hall–Kier alpha value is 2.31. The lowest BCUT2D eigenvalue weighted by Crippen LogP contribution is -2.87. The van der Waals surface area contributed by atoms with Gasteiger partial charge in [0.15, 0.2) is 15.7 Å². The van der Waals surface area contributed by atoms with E-state index in [0.717, 1.165) is 0 Å². The first-order chi connectivity index (χ1) is 19.1. The summed E-state index contributed by atoms with van der Waals surface area (Å²) in [7, 11) is -20.9. The predicted molar refractivity (Wildman–Crippen MR) is 238 cm³/mol. The van der Waals surface area contributed by atoms with Gasteiger partial charge in [-0.3, -0.25) is 0 Å². The van der Waals surface area contributed by atoms with E-state index in [1.165, 1.54) is 25.7 Å². The van der Waals surface area contributed by atoms with Crippen molar-refractivity contribution in [2.24, 2.45) is 0 Å². The number of hydrogen-bond donors (Lipinski definition) is 2. The second kappa shape index (κ2) is 11.4. The molecule has 0 aromatic rings. The van der Waals surface area contributed by atoms with Crippen LogP contribution in [0.2, 0.25) is 174 Å². The molecule has 2 fully saturated rings. The van der Waals surface area contributed by atoms with E-state index in [0.29, 0.717) is 8.55 Å². The quantitative estimate of drug-likeness (QED) is 0.216. The summed E-state index contributed by atoms with van der Waals surface area (Å²) < 4.78 is 0.526. The van der Waals surface area contributed by atoms with Gasteiger partial charge in [-0.15, -0.1) is 0 Å². The highest BCUT2D eigenvalue weighted by molar-refractivity contribution is 7.63. The van der Waals surface area contributed by atoms with Crippen LogP contribution < -0.4 is 0 Å². The second-order valence-corrected chi connectivity index (χ2v) is 86.8. The lowest BCUT2D eigenvalue weighted by atomic mass is 10.4. The molecule has 0 saturated carbocycles. The fourth-order valence-corrected chi connectivity index (χ4v) is 164. The van der Waals surface area contributed by atoms with Gasteiger partial charge < -0.3 is 9.59 Å². The van der Waals surface area contributed by atoms with Crippen molar-refractivity contribution in [3.05, 3.63) is 0 Å². The summed E-state index contributed by atoms with van der Waals surface area (Å²) in [5, 5.41) is 0. The zero-order chi connectivity index (χ0) is 36.5. The maximum atomic E-state index is 15.2. The van der Waals surface area contributed by atoms with Gasteiger partial charge in [-0.05, 0) is 17.1 Å². The third kappa shape index (κ3) is 5.35. The van der Waals surface area contributed by atoms with Gasteiger partial charge in [-0.1, -0.05) is 183 Å². The lowest BCUT2D eigenvalue weighted by molar-refractivity contribution is 0.525. The molecule has 2 rings (SSSR count). The molecule has 0 bridgehead atoms. The molecule has 2 saturated heterocycles. The van der Waals surface area contributed by atoms with Gasteiger partial charge in [0.05, 0.1) is 8.55 Å². The Morgan fingerprint density at radius 2 is 0.422 bits per heavy atom. The minimum absolute atomic E-state index is 0.132. The van der Waals surface area contributed by atoms with Crippen molar-refractivity contribution in [2.75, 3.05) is 0 Å². The summed E-state index contributed by atoms with van der Waals surface area (Å²) in [4.78, 5) is 30.5. The molecule has 2 aliphatic rings. The van der Waals surface area contributed by atoms with Crippen LogP contribution in [0.5, 0.6) is 0 Å². The highest BCUT2D eigenvalue weighted by atomic mass is 29.6. The number of rotatable bonds is 10. The molecule has 0 aliphatic carbocycles. The monoisotopic (exact) mass is 806 g/mol. The summed E-state index contributed by atoms with van der Waals surface area (Å²) in [5.41, 5.74) is 0. The molecule has 13 heteroatoms. The van der Waals surface area contributed by atoms with E-state index in [2.05, 4.69) is 157 Å². The van der Waals surface area contributed by atoms with Crippen LogP contribution in [-0.4, -0.2) is 98.4 Å². The molecule has 45 heavy (non-hydrogen) atoms. The second-order valence-electron chi connectivity index (χ2n) is 24.2. The van der Waals surface area contributed by atoms with Crippen LogP contribution in [0.3, 0.4) is 0 Å². The van der Waals surface area contributed by atoms with Crippen LogP contribution in [0.15, 0.2) is 0 Å². The molecular formula is C32H82O2Si11. The Balaban J connectivity index is 3.52. The average molecular weight is 808 g/mol. The number of hydrogen-bond acceptors (Lipinski definition) is 2. The average Bonchev–Trinajstić information content (AvgIpc) is 3.13.